The van der Waals surface area contributed by atoms with E-state index in [1.165, 1.54) is 6.20 Å². The van der Waals surface area contributed by atoms with Gasteiger partial charge >= 0.3 is 0 Å². The van der Waals surface area contributed by atoms with Gasteiger partial charge in [-0.15, -0.1) is 0 Å². The molecule has 7 rings (SSSR count). The first-order valence-corrected chi connectivity index (χ1v) is 13.8. The van der Waals surface area contributed by atoms with Gasteiger partial charge < -0.3 is 34.6 Å². The summed E-state index contributed by atoms with van der Waals surface area (Å²) in [6, 6.07) is 9.37. The Kier molecular flexibility index (Phi) is 7.11. The van der Waals surface area contributed by atoms with Gasteiger partial charge in [0.15, 0.2) is 18.2 Å². The number of fused-ring (bicyclic) bond motifs is 5. The fourth-order valence-corrected chi connectivity index (χ4v) is 6.05. The molecule has 0 radical (unpaired) electrons. The van der Waals surface area contributed by atoms with Crippen molar-refractivity contribution in [3.8, 4) is 17.7 Å². The predicted molar refractivity (Wildman–Crippen MR) is 148 cm³/mol. The maximum absolute atomic E-state index is 11.8. The van der Waals surface area contributed by atoms with Crippen molar-refractivity contribution in [3.05, 3.63) is 41.6 Å². The summed E-state index contributed by atoms with van der Waals surface area (Å²) in [7, 11) is 1.98. The van der Waals surface area contributed by atoms with Crippen LogP contribution in [0.15, 0.2) is 30.5 Å². The Morgan fingerprint density at radius 2 is 2.05 bits per heavy atom. The summed E-state index contributed by atoms with van der Waals surface area (Å²) in [4.78, 5) is 27.5. The number of aliphatic hydroxyl groups is 2. The molecular weight excluding hydrogens is 528 g/mol. The average Bonchev–Trinajstić information content (AvgIpc) is 3.01. The minimum absolute atomic E-state index is 0.0152. The number of hydrogen-bond acceptors (Lipinski definition) is 11. The van der Waals surface area contributed by atoms with Crippen molar-refractivity contribution in [2.75, 3.05) is 43.7 Å². The lowest BCUT2D eigenvalue weighted by atomic mass is 9.67. The fourth-order valence-electron chi connectivity index (χ4n) is 6.05. The highest BCUT2D eigenvalue weighted by molar-refractivity contribution is 5.94. The fraction of sp³-hybridized carbons (Fsp3) is 0.483. The number of carbonyl (C=O) groups excluding carboxylic acids is 1. The van der Waals surface area contributed by atoms with Gasteiger partial charge in [0.05, 0.1) is 47.1 Å². The molecule has 1 unspecified atom stereocenters. The zero-order valence-corrected chi connectivity index (χ0v) is 22.8. The maximum Gasteiger partial charge on any atom is 0.263 e. The van der Waals surface area contributed by atoms with E-state index in [9.17, 15) is 15.2 Å². The molecule has 0 aromatic carbocycles. The summed E-state index contributed by atoms with van der Waals surface area (Å²) >= 11 is 0. The molecule has 2 saturated heterocycles. The van der Waals surface area contributed by atoms with Crippen LogP contribution in [0.5, 0.6) is 11.6 Å². The number of nitriles is 1. The molecule has 4 aliphatic rings. The van der Waals surface area contributed by atoms with Crippen molar-refractivity contribution in [2.24, 2.45) is 0 Å². The number of anilines is 2. The van der Waals surface area contributed by atoms with Crippen LogP contribution in [-0.4, -0.2) is 81.8 Å². The predicted octanol–water partition coefficient (Wildman–Crippen LogP) is 2.11. The number of amides is 1. The molecule has 3 fully saturated rings. The Morgan fingerprint density at radius 3 is 2.78 bits per heavy atom. The van der Waals surface area contributed by atoms with E-state index >= 15 is 0 Å². The van der Waals surface area contributed by atoms with Gasteiger partial charge in [0.1, 0.15) is 11.9 Å². The summed E-state index contributed by atoms with van der Waals surface area (Å²) < 4.78 is 17.6. The summed E-state index contributed by atoms with van der Waals surface area (Å²) in [5, 5.41) is 33.2. The number of likely N-dealkylation sites (N-methyl/N-ethyl adjacent to an activating group) is 1. The van der Waals surface area contributed by atoms with Crippen molar-refractivity contribution < 1.29 is 29.2 Å². The van der Waals surface area contributed by atoms with Gasteiger partial charge in [0.25, 0.3) is 5.91 Å². The van der Waals surface area contributed by atoms with Gasteiger partial charge in [-0.05, 0) is 43.9 Å². The Labute approximate surface area is 236 Å². The molecule has 3 N–H and O–H groups in total. The van der Waals surface area contributed by atoms with Gasteiger partial charge in [-0.1, -0.05) is 0 Å². The molecule has 12 heteroatoms. The Morgan fingerprint density at radius 1 is 1.22 bits per heavy atom. The van der Waals surface area contributed by atoms with Crippen LogP contribution in [0.3, 0.4) is 0 Å². The molecule has 3 aromatic rings. The minimum atomic E-state index is -0.862. The van der Waals surface area contributed by atoms with E-state index in [-0.39, 0.29) is 31.1 Å². The van der Waals surface area contributed by atoms with Crippen LogP contribution >= 0.6 is 0 Å². The second-order valence-corrected chi connectivity index (χ2v) is 10.9. The third-order valence-corrected chi connectivity index (χ3v) is 8.64. The van der Waals surface area contributed by atoms with Crippen LogP contribution in [-0.2, 0) is 16.0 Å². The molecule has 3 aromatic heterocycles. The molecule has 6 heterocycles. The smallest absolute Gasteiger partial charge is 0.263 e. The molecule has 12 nitrogen and oxygen atoms in total. The molecule has 1 saturated carbocycles. The SMILES string of the molecule is CN(c1ccc2c(n1)NC(=O)CO2)C12CCC(C(O)Cc3c(C#N)cnc4ccc(OCCCO)nc34)(CC1)OC2. The number of carbonyl (C=O) groups is 1. The van der Waals surface area contributed by atoms with Crippen molar-refractivity contribution in [1.82, 2.24) is 15.0 Å². The second-order valence-electron chi connectivity index (χ2n) is 10.9. The summed E-state index contributed by atoms with van der Waals surface area (Å²) in [5.41, 5.74) is 1.03. The summed E-state index contributed by atoms with van der Waals surface area (Å²) in [6.07, 6.45) is 4.15. The largest absolute Gasteiger partial charge is 0.480 e. The molecule has 2 bridgehead atoms. The maximum atomic E-state index is 11.8. The van der Waals surface area contributed by atoms with Crippen LogP contribution in [0.4, 0.5) is 11.6 Å². The van der Waals surface area contributed by atoms with Crippen molar-refractivity contribution in [1.29, 1.82) is 5.26 Å². The van der Waals surface area contributed by atoms with Gasteiger partial charge in [-0.3, -0.25) is 9.78 Å². The molecule has 1 amide bonds. The molecular formula is C29H32N6O6. The number of ether oxygens (including phenoxy) is 3. The molecule has 1 atom stereocenters. The second kappa shape index (κ2) is 10.7. The zero-order chi connectivity index (χ0) is 28.6. The lowest BCUT2D eigenvalue weighted by Crippen LogP contribution is -2.65. The van der Waals surface area contributed by atoms with E-state index in [2.05, 4.69) is 31.2 Å². The van der Waals surface area contributed by atoms with Gasteiger partial charge in [-0.25, -0.2) is 9.97 Å². The van der Waals surface area contributed by atoms with E-state index in [4.69, 9.17) is 19.3 Å². The Balaban J connectivity index is 1.20. The highest BCUT2D eigenvalue weighted by Crippen LogP contribution is 2.49. The molecule has 3 aliphatic heterocycles. The molecule has 0 spiro atoms. The average molecular weight is 561 g/mol. The number of rotatable bonds is 9. The third-order valence-electron chi connectivity index (χ3n) is 8.64. The van der Waals surface area contributed by atoms with E-state index in [0.717, 1.165) is 12.8 Å². The summed E-state index contributed by atoms with van der Waals surface area (Å²) in [5.74, 6) is 1.80. The van der Waals surface area contributed by atoms with Crippen LogP contribution in [0, 0.1) is 11.3 Å². The monoisotopic (exact) mass is 560 g/mol. The van der Waals surface area contributed by atoms with Crippen LogP contribution < -0.4 is 19.7 Å². The van der Waals surface area contributed by atoms with E-state index in [1.807, 2.05) is 19.2 Å². The quantitative estimate of drug-likeness (QED) is 0.329. The van der Waals surface area contributed by atoms with Crippen LogP contribution in [0.2, 0.25) is 0 Å². The highest BCUT2D eigenvalue weighted by Gasteiger charge is 2.55. The van der Waals surface area contributed by atoms with Gasteiger partial charge in [0.2, 0.25) is 5.88 Å². The minimum Gasteiger partial charge on any atom is -0.480 e. The lowest BCUT2D eigenvalue weighted by Gasteiger charge is -2.58. The first-order valence-electron chi connectivity index (χ1n) is 13.8. The number of aromatic nitrogens is 3. The first-order chi connectivity index (χ1) is 19.9. The number of aliphatic hydroxyl groups excluding tert-OH is 2. The van der Waals surface area contributed by atoms with E-state index in [0.29, 0.717) is 77.9 Å². The van der Waals surface area contributed by atoms with Crippen molar-refractivity contribution in [2.45, 2.75) is 55.8 Å². The van der Waals surface area contributed by atoms with Crippen LogP contribution in [0.1, 0.15) is 43.2 Å². The van der Waals surface area contributed by atoms with Crippen molar-refractivity contribution >= 4 is 28.6 Å². The zero-order valence-electron chi connectivity index (χ0n) is 22.8. The van der Waals surface area contributed by atoms with Crippen molar-refractivity contribution in [3.63, 3.8) is 0 Å². The highest BCUT2D eigenvalue weighted by atomic mass is 16.5. The normalized spacial score (nSPS) is 23.7. The standard InChI is InChI=1S/C29H32N6O6/c1-35(23-5-4-21-27(32-23)33-24(38)16-40-21)28-7-9-29(10-8-28,41-17-28)22(37)13-19-18(14-30)15-31-20-3-6-25(34-26(19)20)39-12-2-11-36/h3-6,15,22,36-37H,2,7-13,16-17H2,1H3,(H,32,33,38). The lowest BCUT2D eigenvalue weighted by molar-refractivity contribution is -0.201. The van der Waals surface area contributed by atoms with E-state index in [1.54, 1.807) is 12.1 Å². The molecule has 214 valence electrons. The Hall–Kier alpha value is -4.05. The number of pyridine rings is 3. The number of hydrogen-bond donors (Lipinski definition) is 3. The van der Waals surface area contributed by atoms with Crippen LogP contribution in [0.25, 0.3) is 11.0 Å². The molecule has 1 aliphatic carbocycles. The van der Waals surface area contributed by atoms with Gasteiger partial charge in [-0.2, -0.15) is 5.26 Å². The summed E-state index contributed by atoms with van der Waals surface area (Å²) in [6.45, 7) is 0.717. The van der Waals surface area contributed by atoms with Gasteiger partial charge in [0, 0.05) is 44.3 Å². The van der Waals surface area contributed by atoms with E-state index < -0.39 is 11.7 Å². The Bertz CT molecular complexity index is 1500. The number of nitrogens with zero attached hydrogens (tertiary/aromatic N) is 5. The topological polar surface area (TPSA) is 163 Å². The first kappa shape index (κ1) is 27.1. The number of nitrogens with one attached hydrogen (secondary N) is 1. The molecule has 41 heavy (non-hydrogen) atoms. The third kappa shape index (κ3) is 4.90.